The van der Waals surface area contributed by atoms with Gasteiger partial charge in [0.15, 0.2) is 8.32 Å². The second-order valence-corrected chi connectivity index (χ2v) is 16.9. The van der Waals surface area contributed by atoms with Crippen molar-refractivity contribution in [1.29, 1.82) is 0 Å². The van der Waals surface area contributed by atoms with Crippen LogP contribution >= 0.6 is 0 Å². The number of carbonyl (C=O) groups excluding carboxylic acids is 1. The van der Waals surface area contributed by atoms with Crippen LogP contribution in [-0.2, 0) is 30.4 Å². The van der Waals surface area contributed by atoms with Crippen LogP contribution in [0.15, 0.2) is 83.8 Å². The number of ether oxygens (including phenoxy) is 2. The van der Waals surface area contributed by atoms with Gasteiger partial charge in [-0.05, 0) is 81.9 Å². The molecule has 0 saturated heterocycles. The second kappa shape index (κ2) is 14.9. The van der Waals surface area contributed by atoms with Crippen LogP contribution in [0.3, 0.4) is 0 Å². The van der Waals surface area contributed by atoms with Gasteiger partial charge in [-0.15, -0.1) is 0 Å². The van der Waals surface area contributed by atoms with Crippen LogP contribution in [0.2, 0.25) is 19.6 Å². The molecule has 3 aromatic rings. The highest BCUT2D eigenvalue weighted by Crippen LogP contribution is 2.21. The number of sulfonamides is 1. The number of hydrogen-bond acceptors (Lipinski definition) is 6. The molecule has 0 heterocycles. The predicted molar refractivity (Wildman–Crippen MR) is 165 cm³/mol. The van der Waals surface area contributed by atoms with E-state index in [1.54, 1.807) is 48.5 Å². The fourth-order valence-electron chi connectivity index (χ4n) is 3.91. The van der Waals surface area contributed by atoms with E-state index in [4.69, 9.17) is 13.9 Å². The van der Waals surface area contributed by atoms with Crippen LogP contribution in [0.5, 0.6) is 5.75 Å². The Morgan fingerprint density at radius 1 is 0.951 bits per heavy atom. The lowest BCUT2D eigenvalue weighted by Crippen LogP contribution is -2.32. The molecule has 218 valence electrons. The van der Waals surface area contributed by atoms with Crippen LogP contribution in [0.4, 0.5) is 5.69 Å². The Balaban J connectivity index is 1.67. The Bertz CT molecular complexity index is 1460. The van der Waals surface area contributed by atoms with Gasteiger partial charge in [0, 0.05) is 18.4 Å². The molecule has 1 atom stereocenters. The van der Waals surface area contributed by atoms with Crippen LogP contribution in [-0.4, -0.2) is 41.5 Å². The zero-order valence-corrected chi connectivity index (χ0v) is 26.2. The van der Waals surface area contributed by atoms with Crippen LogP contribution in [0.25, 0.3) is 0 Å². The fourth-order valence-corrected chi connectivity index (χ4v) is 6.01. The molecule has 0 saturated carbocycles. The predicted octanol–water partition coefficient (Wildman–Crippen LogP) is 6.41. The zero-order chi connectivity index (χ0) is 29.9. The smallest absolute Gasteiger partial charge is 0.306 e. The number of carbonyl (C=O) groups is 1. The summed E-state index contributed by atoms with van der Waals surface area (Å²) in [6.07, 6.45) is 0.854. The highest BCUT2D eigenvalue weighted by Gasteiger charge is 2.20. The van der Waals surface area contributed by atoms with Gasteiger partial charge in [-0.1, -0.05) is 54.3 Å². The van der Waals surface area contributed by atoms with E-state index in [0.717, 1.165) is 11.3 Å². The molecule has 1 N–H and O–H groups in total. The quantitative estimate of drug-likeness (QED) is 0.140. The van der Waals surface area contributed by atoms with Crippen molar-refractivity contribution in [3.63, 3.8) is 0 Å². The Hall–Kier alpha value is -3.58. The maximum absolute atomic E-state index is 12.7. The summed E-state index contributed by atoms with van der Waals surface area (Å²) in [6.45, 7) is 10.4. The molecule has 3 rings (SSSR count). The molecule has 0 spiro atoms. The number of anilines is 1. The van der Waals surface area contributed by atoms with Crippen molar-refractivity contribution >= 4 is 30.0 Å². The van der Waals surface area contributed by atoms with Gasteiger partial charge in [-0.25, -0.2) is 8.42 Å². The minimum atomic E-state index is -3.70. The van der Waals surface area contributed by atoms with Crippen molar-refractivity contribution in [2.45, 2.75) is 69.9 Å². The molecule has 0 aliphatic heterocycles. The third-order valence-electron chi connectivity index (χ3n) is 5.62. The monoisotopic (exact) mass is 593 g/mol. The summed E-state index contributed by atoms with van der Waals surface area (Å²) in [7, 11) is -5.62. The van der Waals surface area contributed by atoms with Gasteiger partial charge >= 0.3 is 5.97 Å². The number of benzene rings is 3. The molecule has 7 nitrogen and oxygen atoms in total. The number of aryl methyl sites for hydroxylation is 1. The van der Waals surface area contributed by atoms with E-state index in [1.807, 2.05) is 44.2 Å². The molecular weight excluding hydrogens is 555 g/mol. The molecule has 9 heteroatoms. The maximum Gasteiger partial charge on any atom is 0.306 e. The Labute approximate surface area is 245 Å². The van der Waals surface area contributed by atoms with E-state index in [9.17, 15) is 13.2 Å². The largest absolute Gasteiger partial charge is 0.493 e. The first-order valence-electron chi connectivity index (χ1n) is 13.7. The van der Waals surface area contributed by atoms with E-state index in [0.29, 0.717) is 30.7 Å². The molecule has 0 aliphatic rings. The average molecular weight is 594 g/mol. The van der Waals surface area contributed by atoms with Crippen molar-refractivity contribution in [2.24, 2.45) is 0 Å². The summed E-state index contributed by atoms with van der Waals surface area (Å²) in [4.78, 5) is 12.2. The first-order valence-corrected chi connectivity index (χ1v) is 18.6. The fraction of sp³-hybridized carbons (Fsp3) is 0.344. The zero-order valence-electron chi connectivity index (χ0n) is 24.3. The molecule has 0 radical (unpaired) electrons. The highest BCUT2D eigenvalue weighted by molar-refractivity contribution is 7.92. The minimum absolute atomic E-state index is 0.139. The van der Waals surface area contributed by atoms with Gasteiger partial charge in [0.2, 0.25) is 0 Å². The summed E-state index contributed by atoms with van der Waals surface area (Å²) >= 11 is 0. The van der Waals surface area contributed by atoms with Gasteiger partial charge in [-0.2, -0.15) is 0 Å². The summed E-state index contributed by atoms with van der Waals surface area (Å²) in [5.74, 6) is 6.86. The van der Waals surface area contributed by atoms with Gasteiger partial charge < -0.3 is 13.9 Å². The normalized spacial score (nSPS) is 12.2. The first kappa shape index (κ1) is 31.9. The summed E-state index contributed by atoms with van der Waals surface area (Å²) in [5, 5.41) is 0. The van der Waals surface area contributed by atoms with E-state index >= 15 is 0 Å². The van der Waals surface area contributed by atoms with E-state index in [1.165, 1.54) is 0 Å². The molecular formula is C32H39NO6SSi. The lowest BCUT2D eigenvalue weighted by Gasteiger charge is -2.23. The molecule has 0 amide bonds. The summed E-state index contributed by atoms with van der Waals surface area (Å²) in [5.41, 5.74) is 2.04. The van der Waals surface area contributed by atoms with Crippen LogP contribution in [0, 0.1) is 11.8 Å². The topological polar surface area (TPSA) is 90.9 Å². The van der Waals surface area contributed by atoms with Crippen molar-refractivity contribution in [1.82, 2.24) is 0 Å². The van der Waals surface area contributed by atoms with Crippen molar-refractivity contribution in [3.8, 4) is 17.6 Å². The van der Waals surface area contributed by atoms with Crippen molar-refractivity contribution < 1.29 is 27.1 Å². The maximum atomic E-state index is 12.7. The number of esters is 1. The third kappa shape index (κ3) is 11.4. The molecule has 3 aromatic carbocycles. The molecule has 0 aliphatic carbocycles. The van der Waals surface area contributed by atoms with Gasteiger partial charge in [-0.3, -0.25) is 9.52 Å². The lowest BCUT2D eigenvalue weighted by molar-refractivity contribution is -0.147. The second-order valence-electron chi connectivity index (χ2n) is 10.8. The Morgan fingerprint density at radius 3 is 2.37 bits per heavy atom. The Morgan fingerprint density at radius 2 is 1.66 bits per heavy atom. The molecule has 0 aromatic heterocycles. The van der Waals surface area contributed by atoms with Gasteiger partial charge in [0.1, 0.15) is 11.9 Å². The number of nitrogens with one attached hydrogen (secondary N) is 1. The highest BCUT2D eigenvalue weighted by atomic mass is 32.2. The lowest BCUT2D eigenvalue weighted by atomic mass is 10.1. The van der Waals surface area contributed by atoms with E-state index in [2.05, 4.69) is 36.2 Å². The molecule has 41 heavy (non-hydrogen) atoms. The minimum Gasteiger partial charge on any atom is -0.493 e. The molecule has 0 fully saturated rings. The van der Waals surface area contributed by atoms with Crippen molar-refractivity contribution in [3.05, 3.63) is 90.0 Å². The van der Waals surface area contributed by atoms with Crippen molar-refractivity contribution in [2.75, 3.05) is 11.3 Å². The number of rotatable bonds is 13. The Kier molecular flexibility index (Phi) is 11.6. The number of para-hydroxylation sites is 1. The van der Waals surface area contributed by atoms with Crippen LogP contribution < -0.4 is 9.46 Å². The van der Waals surface area contributed by atoms with Gasteiger partial charge in [0.25, 0.3) is 10.0 Å². The van der Waals surface area contributed by atoms with E-state index in [-0.39, 0.29) is 29.5 Å². The average Bonchev–Trinajstić information content (AvgIpc) is 2.90. The molecule has 0 bridgehead atoms. The SMILES string of the molecule is CC(C)OC(=O)CCc1ccccc1OCC[C@H](C#Cc1cccc(NS(=O)(=O)c2ccccc2)c1)O[Si](C)(C)C. The number of hydrogen-bond donors (Lipinski definition) is 1. The first-order chi connectivity index (χ1) is 19.4. The third-order valence-corrected chi connectivity index (χ3v) is 8.01. The standard InChI is InChI=1S/C32H39NO6SSi/c1-25(2)38-32(34)21-19-27-13-9-10-17-31(27)37-23-22-29(39-41(3,4)5)20-18-26-12-11-14-28(24-26)33-40(35,36)30-15-7-6-8-16-30/h6-17,24-25,29,33H,19,21-23H2,1-5H3/t29-/m0/s1. The summed E-state index contributed by atoms with van der Waals surface area (Å²) < 4.78 is 45.7. The molecule has 0 unspecified atom stereocenters. The van der Waals surface area contributed by atoms with Crippen LogP contribution in [0.1, 0.15) is 37.8 Å². The summed E-state index contributed by atoms with van der Waals surface area (Å²) in [6, 6.07) is 22.9. The van der Waals surface area contributed by atoms with Gasteiger partial charge in [0.05, 0.1) is 23.3 Å². The van der Waals surface area contributed by atoms with E-state index < -0.39 is 18.3 Å².